The van der Waals surface area contributed by atoms with Crippen LogP contribution in [0.1, 0.15) is 43.3 Å². The van der Waals surface area contributed by atoms with Crippen molar-refractivity contribution >= 4 is 15.9 Å². The van der Waals surface area contributed by atoms with Crippen molar-refractivity contribution < 1.29 is 0 Å². The number of hydrogen-bond acceptors (Lipinski definition) is 3. The quantitative estimate of drug-likeness (QED) is 0.879. The number of rotatable bonds is 6. The van der Waals surface area contributed by atoms with E-state index in [1.165, 1.54) is 5.56 Å². The van der Waals surface area contributed by atoms with Crippen molar-refractivity contribution in [3.05, 3.63) is 33.8 Å². The lowest BCUT2D eigenvalue weighted by molar-refractivity contribution is 0.549. The fraction of sp³-hybridized carbons (Fsp3) is 0.571. The minimum absolute atomic E-state index is 0.112. The summed E-state index contributed by atoms with van der Waals surface area (Å²) < 4.78 is 4.84. The van der Waals surface area contributed by atoms with Gasteiger partial charge >= 0.3 is 0 Å². The van der Waals surface area contributed by atoms with Crippen LogP contribution in [-0.4, -0.2) is 26.1 Å². The summed E-state index contributed by atoms with van der Waals surface area (Å²) in [5.41, 5.74) is 3.50. The van der Waals surface area contributed by atoms with Crippen molar-refractivity contribution in [3.8, 4) is 0 Å². The van der Waals surface area contributed by atoms with Crippen LogP contribution in [0.25, 0.3) is 0 Å². The normalized spacial score (nSPS) is 12.8. The van der Waals surface area contributed by atoms with E-state index in [0.29, 0.717) is 0 Å². The van der Waals surface area contributed by atoms with Crippen LogP contribution >= 0.6 is 15.9 Å². The van der Waals surface area contributed by atoms with E-state index in [1.807, 2.05) is 29.7 Å². The summed E-state index contributed by atoms with van der Waals surface area (Å²) in [6.07, 6.45) is 5.97. The number of aromatic nitrogens is 4. The van der Waals surface area contributed by atoms with E-state index in [9.17, 15) is 0 Å². The molecule has 0 bridgehead atoms. The summed E-state index contributed by atoms with van der Waals surface area (Å²) in [5, 5.41) is 12.5. The third kappa shape index (κ3) is 2.96. The zero-order valence-electron chi connectivity index (χ0n) is 12.5. The Bertz CT molecular complexity index is 553. The van der Waals surface area contributed by atoms with Gasteiger partial charge in [-0.1, -0.05) is 13.8 Å². The van der Waals surface area contributed by atoms with E-state index in [2.05, 4.69) is 51.5 Å². The Hall–Kier alpha value is -1.14. The molecule has 0 aliphatic heterocycles. The summed E-state index contributed by atoms with van der Waals surface area (Å²) in [6, 6.07) is 0.112. The fourth-order valence-corrected chi connectivity index (χ4v) is 3.03. The highest BCUT2D eigenvalue weighted by molar-refractivity contribution is 9.10. The molecule has 0 aromatic carbocycles. The molecular formula is C14H22BrN5. The van der Waals surface area contributed by atoms with Gasteiger partial charge in [0.2, 0.25) is 0 Å². The third-order valence-electron chi connectivity index (χ3n) is 3.39. The van der Waals surface area contributed by atoms with Crippen LogP contribution < -0.4 is 5.32 Å². The van der Waals surface area contributed by atoms with E-state index < -0.39 is 0 Å². The summed E-state index contributed by atoms with van der Waals surface area (Å²) >= 11 is 3.61. The van der Waals surface area contributed by atoms with E-state index in [4.69, 9.17) is 0 Å². The van der Waals surface area contributed by atoms with Gasteiger partial charge < -0.3 is 5.32 Å². The van der Waals surface area contributed by atoms with Crippen LogP contribution in [-0.2, 0) is 20.5 Å². The smallest absolute Gasteiger partial charge is 0.0793 e. The van der Waals surface area contributed by atoms with Gasteiger partial charge in [-0.15, -0.1) is 0 Å². The second-order valence-corrected chi connectivity index (χ2v) is 5.80. The predicted molar refractivity (Wildman–Crippen MR) is 83.6 cm³/mol. The summed E-state index contributed by atoms with van der Waals surface area (Å²) in [7, 11) is 3.94. The Balaban J connectivity index is 2.47. The largest absolute Gasteiger partial charge is 0.305 e. The zero-order chi connectivity index (χ0) is 14.7. The van der Waals surface area contributed by atoms with Crippen LogP contribution in [0.4, 0.5) is 0 Å². The summed E-state index contributed by atoms with van der Waals surface area (Å²) in [6.45, 7) is 5.27. The molecule has 5 nitrogen and oxygen atoms in total. The van der Waals surface area contributed by atoms with Crippen molar-refractivity contribution in [2.45, 2.75) is 32.7 Å². The SMILES string of the molecule is CCCNC(c1cn(C)nc1CC)c1c(Br)cnn1C. The first-order valence-corrected chi connectivity index (χ1v) is 7.80. The molecule has 2 heterocycles. The third-order valence-corrected chi connectivity index (χ3v) is 4.00. The fourth-order valence-electron chi connectivity index (χ4n) is 2.46. The molecule has 1 N–H and O–H groups in total. The van der Waals surface area contributed by atoms with Crippen molar-refractivity contribution in [1.29, 1.82) is 0 Å². The molecule has 1 atom stereocenters. The molecule has 0 radical (unpaired) electrons. The van der Waals surface area contributed by atoms with Gasteiger partial charge in [-0.05, 0) is 35.3 Å². The predicted octanol–water partition coefficient (Wildman–Crippen LogP) is 2.57. The minimum atomic E-state index is 0.112. The van der Waals surface area contributed by atoms with E-state index in [1.54, 1.807) is 0 Å². The van der Waals surface area contributed by atoms with E-state index in [-0.39, 0.29) is 6.04 Å². The first-order chi connectivity index (χ1) is 9.58. The number of hydrogen-bond donors (Lipinski definition) is 1. The molecule has 0 spiro atoms. The monoisotopic (exact) mass is 339 g/mol. The molecule has 0 aliphatic rings. The standard InChI is InChI=1S/C14H22BrN5/c1-5-7-16-13(14-11(15)8-17-20(14)4)10-9-19(3)18-12(10)6-2/h8-9,13,16H,5-7H2,1-4H3. The maximum Gasteiger partial charge on any atom is 0.0793 e. The summed E-state index contributed by atoms with van der Waals surface area (Å²) in [5.74, 6) is 0. The maximum absolute atomic E-state index is 4.56. The second kappa shape index (κ2) is 6.54. The molecule has 2 rings (SSSR count). The average Bonchev–Trinajstić information content (AvgIpc) is 2.95. The molecule has 0 fully saturated rings. The molecule has 0 aliphatic carbocycles. The van der Waals surface area contributed by atoms with Crippen molar-refractivity contribution in [2.75, 3.05) is 6.54 Å². The first kappa shape index (κ1) is 15.3. The molecule has 0 amide bonds. The molecule has 20 heavy (non-hydrogen) atoms. The van der Waals surface area contributed by atoms with E-state index in [0.717, 1.165) is 35.2 Å². The lowest BCUT2D eigenvalue weighted by Gasteiger charge is -2.19. The molecule has 1 unspecified atom stereocenters. The summed E-state index contributed by atoms with van der Waals surface area (Å²) in [4.78, 5) is 0. The molecule has 0 saturated carbocycles. The highest BCUT2D eigenvalue weighted by atomic mass is 79.9. The minimum Gasteiger partial charge on any atom is -0.305 e. The van der Waals surface area contributed by atoms with Gasteiger partial charge in [-0.2, -0.15) is 10.2 Å². The van der Waals surface area contributed by atoms with Gasteiger partial charge in [-0.25, -0.2) is 0 Å². The van der Waals surface area contributed by atoms with Crippen LogP contribution in [0.5, 0.6) is 0 Å². The Morgan fingerprint density at radius 3 is 2.65 bits per heavy atom. The van der Waals surface area contributed by atoms with Crippen LogP contribution in [0.2, 0.25) is 0 Å². The van der Waals surface area contributed by atoms with Gasteiger partial charge in [0.05, 0.1) is 28.1 Å². The van der Waals surface area contributed by atoms with Gasteiger partial charge in [0.25, 0.3) is 0 Å². The second-order valence-electron chi connectivity index (χ2n) is 4.95. The van der Waals surface area contributed by atoms with Crippen molar-refractivity contribution in [2.24, 2.45) is 14.1 Å². The van der Waals surface area contributed by atoms with Crippen molar-refractivity contribution in [1.82, 2.24) is 24.9 Å². The molecule has 0 saturated heterocycles. The van der Waals surface area contributed by atoms with Crippen molar-refractivity contribution in [3.63, 3.8) is 0 Å². The first-order valence-electron chi connectivity index (χ1n) is 7.01. The molecule has 6 heteroatoms. The number of aryl methyl sites for hydroxylation is 3. The topological polar surface area (TPSA) is 47.7 Å². The number of nitrogens with one attached hydrogen (secondary N) is 1. The van der Waals surface area contributed by atoms with Crippen LogP contribution in [0.3, 0.4) is 0 Å². The Labute approximate surface area is 128 Å². The van der Waals surface area contributed by atoms with Crippen LogP contribution in [0, 0.1) is 0 Å². The van der Waals surface area contributed by atoms with E-state index >= 15 is 0 Å². The molecule has 110 valence electrons. The lowest BCUT2D eigenvalue weighted by atomic mass is 10.0. The lowest BCUT2D eigenvalue weighted by Crippen LogP contribution is -2.26. The van der Waals surface area contributed by atoms with Gasteiger partial charge in [0, 0.05) is 25.9 Å². The highest BCUT2D eigenvalue weighted by Crippen LogP contribution is 2.30. The molecular weight excluding hydrogens is 318 g/mol. The zero-order valence-corrected chi connectivity index (χ0v) is 14.1. The Morgan fingerprint density at radius 2 is 2.10 bits per heavy atom. The number of halogens is 1. The highest BCUT2D eigenvalue weighted by Gasteiger charge is 2.24. The Morgan fingerprint density at radius 1 is 1.35 bits per heavy atom. The van der Waals surface area contributed by atoms with Gasteiger partial charge in [0.1, 0.15) is 0 Å². The average molecular weight is 340 g/mol. The maximum atomic E-state index is 4.56. The molecule has 2 aromatic heterocycles. The molecule has 2 aromatic rings. The van der Waals surface area contributed by atoms with Gasteiger partial charge in [-0.3, -0.25) is 9.36 Å². The van der Waals surface area contributed by atoms with Gasteiger partial charge in [0.15, 0.2) is 0 Å². The van der Waals surface area contributed by atoms with Crippen LogP contribution in [0.15, 0.2) is 16.9 Å². The number of nitrogens with zero attached hydrogens (tertiary/aromatic N) is 4. The Kier molecular flexibility index (Phi) is 4.99.